The Morgan fingerprint density at radius 1 is 0.957 bits per heavy atom. The molecular weight excluding hydrogens is 368 g/mol. The summed E-state index contributed by atoms with van der Waals surface area (Å²) in [4.78, 5) is 24.6. The first-order valence-electron chi connectivity index (χ1n) is 6.53. The van der Waals surface area contributed by atoms with Gasteiger partial charge in [0, 0.05) is 0 Å². The average Bonchev–Trinajstić information content (AvgIpc) is 2.95. The second kappa shape index (κ2) is 6.56. The van der Waals surface area contributed by atoms with E-state index in [4.69, 9.17) is 24.4 Å². The minimum atomic E-state index is -0.170. The summed E-state index contributed by atoms with van der Waals surface area (Å²) in [5.74, 6) is -0.338. The Hall–Kier alpha value is -1.48. The highest BCUT2D eigenvalue weighted by molar-refractivity contribution is 8.27. The molecule has 1 aromatic carbocycles. The fraction of sp³-hybridized carbons (Fsp3) is 0.0667. The molecule has 2 aliphatic rings. The lowest BCUT2D eigenvalue weighted by Gasteiger charge is -2.03. The maximum absolute atomic E-state index is 11.7. The van der Waals surface area contributed by atoms with Crippen LogP contribution in [0.2, 0.25) is 0 Å². The van der Waals surface area contributed by atoms with Crippen LogP contribution in [0, 0.1) is 6.92 Å². The number of amides is 2. The van der Waals surface area contributed by atoms with Crippen molar-refractivity contribution >= 4 is 80.6 Å². The number of thiocarbonyl (C=S) groups is 2. The minimum absolute atomic E-state index is 0.168. The van der Waals surface area contributed by atoms with Crippen LogP contribution >= 0.6 is 48.0 Å². The van der Waals surface area contributed by atoms with Crippen molar-refractivity contribution in [3.8, 4) is 0 Å². The summed E-state index contributed by atoms with van der Waals surface area (Å²) in [6.45, 7) is 1.96. The number of benzene rings is 1. The molecule has 8 heteroatoms. The molecule has 2 saturated heterocycles. The monoisotopic (exact) mass is 378 g/mol. The zero-order chi connectivity index (χ0) is 16.6. The van der Waals surface area contributed by atoms with E-state index in [-0.39, 0.29) is 11.8 Å². The predicted octanol–water partition coefficient (Wildman–Crippen LogP) is 2.97. The van der Waals surface area contributed by atoms with E-state index in [2.05, 4.69) is 10.6 Å². The van der Waals surface area contributed by atoms with Gasteiger partial charge in [-0.3, -0.25) is 9.59 Å². The fourth-order valence-corrected chi connectivity index (χ4v) is 4.16. The van der Waals surface area contributed by atoms with Gasteiger partial charge >= 0.3 is 0 Å². The molecule has 0 bridgehead atoms. The maximum atomic E-state index is 11.7. The molecule has 3 rings (SSSR count). The molecule has 0 atom stereocenters. The first-order chi connectivity index (χ1) is 10.9. The van der Waals surface area contributed by atoms with Crippen molar-refractivity contribution in [1.82, 2.24) is 10.6 Å². The van der Waals surface area contributed by atoms with E-state index >= 15 is 0 Å². The van der Waals surface area contributed by atoms with Crippen LogP contribution in [0.1, 0.15) is 16.7 Å². The number of hydrogen-bond acceptors (Lipinski definition) is 6. The lowest BCUT2D eigenvalue weighted by atomic mass is 10.0. The minimum Gasteiger partial charge on any atom is -0.307 e. The van der Waals surface area contributed by atoms with Crippen molar-refractivity contribution in [2.24, 2.45) is 0 Å². The number of hydrogen-bond donors (Lipinski definition) is 2. The first-order valence-corrected chi connectivity index (χ1v) is 8.98. The molecule has 2 N–H and O–H groups in total. The van der Waals surface area contributed by atoms with Gasteiger partial charge in [0.15, 0.2) is 0 Å². The molecule has 2 aliphatic heterocycles. The Kier molecular flexibility index (Phi) is 4.67. The van der Waals surface area contributed by atoms with Crippen molar-refractivity contribution in [3.05, 3.63) is 44.7 Å². The smallest absolute Gasteiger partial charge is 0.263 e. The molecule has 2 heterocycles. The quantitative estimate of drug-likeness (QED) is 0.610. The van der Waals surface area contributed by atoms with E-state index in [1.165, 1.54) is 23.5 Å². The van der Waals surface area contributed by atoms with E-state index in [1.54, 1.807) is 6.08 Å². The molecule has 4 nitrogen and oxygen atoms in total. The summed E-state index contributed by atoms with van der Waals surface area (Å²) in [6.07, 6.45) is 3.62. The van der Waals surface area contributed by atoms with Crippen LogP contribution in [0.3, 0.4) is 0 Å². The normalized spacial score (nSPS) is 21.3. The maximum Gasteiger partial charge on any atom is 0.263 e. The van der Waals surface area contributed by atoms with Gasteiger partial charge in [0.1, 0.15) is 8.64 Å². The number of rotatable bonds is 2. The molecule has 2 amide bonds. The standard InChI is InChI=1S/C15H10N2O2S4/c1-7-4-8(5-10-12(18)16-14(20)22-10)2-3-9(7)6-11-13(19)17-15(21)23-11/h2-6H,1H3,(H,16,18,20)(H,17,19,21)/b10-5-,11-6-. The summed E-state index contributed by atoms with van der Waals surface area (Å²) < 4.78 is 0.945. The first kappa shape index (κ1) is 16.4. The molecule has 0 aromatic heterocycles. The van der Waals surface area contributed by atoms with Crippen LogP contribution in [0.5, 0.6) is 0 Å². The van der Waals surface area contributed by atoms with Gasteiger partial charge in [0.05, 0.1) is 9.81 Å². The zero-order valence-electron chi connectivity index (χ0n) is 11.8. The Morgan fingerprint density at radius 2 is 1.52 bits per heavy atom. The Bertz CT molecular complexity index is 827. The molecule has 0 radical (unpaired) electrons. The van der Waals surface area contributed by atoms with Crippen LogP contribution in [-0.2, 0) is 9.59 Å². The van der Waals surface area contributed by atoms with Gasteiger partial charge in [-0.1, -0.05) is 66.2 Å². The number of nitrogens with one attached hydrogen (secondary N) is 2. The largest absolute Gasteiger partial charge is 0.307 e. The summed E-state index contributed by atoms with van der Waals surface area (Å²) in [5, 5.41) is 5.18. The molecule has 116 valence electrons. The molecule has 1 aromatic rings. The highest BCUT2D eigenvalue weighted by Gasteiger charge is 2.23. The number of carbonyl (C=O) groups is 2. The Labute approximate surface area is 152 Å². The van der Waals surface area contributed by atoms with Crippen molar-refractivity contribution in [2.45, 2.75) is 6.92 Å². The van der Waals surface area contributed by atoms with Gasteiger partial charge in [-0.05, 0) is 35.8 Å². The van der Waals surface area contributed by atoms with Crippen LogP contribution in [-0.4, -0.2) is 20.5 Å². The van der Waals surface area contributed by atoms with Gasteiger partial charge in [0.25, 0.3) is 11.8 Å². The van der Waals surface area contributed by atoms with Crippen molar-refractivity contribution < 1.29 is 9.59 Å². The van der Waals surface area contributed by atoms with E-state index in [0.717, 1.165) is 16.7 Å². The summed E-state index contributed by atoms with van der Waals surface area (Å²) >= 11 is 12.5. The van der Waals surface area contributed by atoms with Gasteiger partial charge in [-0.2, -0.15) is 0 Å². The fourth-order valence-electron chi connectivity index (χ4n) is 2.09. The molecule has 0 unspecified atom stereocenters. The molecule has 2 fully saturated rings. The van der Waals surface area contributed by atoms with E-state index < -0.39 is 0 Å². The third-order valence-corrected chi connectivity index (χ3v) is 5.49. The van der Waals surface area contributed by atoms with Crippen LogP contribution in [0.15, 0.2) is 28.0 Å². The van der Waals surface area contributed by atoms with Gasteiger partial charge in [-0.15, -0.1) is 0 Å². The molecule has 0 spiro atoms. The molecule has 0 saturated carbocycles. The average molecular weight is 379 g/mol. The summed E-state index contributed by atoms with van der Waals surface area (Å²) in [7, 11) is 0. The lowest BCUT2D eigenvalue weighted by molar-refractivity contribution is -0.116. The van der Waals surface area contributed by atoms with Crippen LogP contribution in [0.25, 0.3) is 12.2 Å². The predicted molar refractivity (Wildman–Crippen MR) is 104 cm³/mol. The highest BCUT2D eigenvalue weighted by Crippen LogP contribution is 2.29. The van der Waals surface area contributed by atoms with E-state index in [1.807, 2.05) is 31.2 Å². The topological polar surface area (TPSA) is 58.2 Å². The van der Waals surface area contributed by atoms with Crippen LogP contribution < -0.4 is 10.6 Å². The highest BCUT2D eigenvalue weighted by atomic mass is 32.2. The van der Waals surface area contributed by atoms with E-state index in [0.29, 0.717) is 18.5 Å². The summed E-state index contributed by atoms with van der Waals surface area (Å²) in [6, 6.07) is 5.78. The number of carbonyl (C=O) groups excluding carboxylic acids is 2. The molecule has 0 aliphatic carbocycles. The second-order valence-electron chi connectivity index (χ2n) is 4.82. The molecular formula is C15H10N2O2S4. The number of thioether (sulfide) groups is 2. The Balaban J connectivity index is 1.87. The van der Waals surface area contributed by atoms with Crippen molar-refractivity contribution in [2.75, 3.05) is 0 Å². The van der Waals surface area contributed by atoms with Gasteiger partial charge in [-0.25, -0.2) is 0 Å². The summed E-state index contributed by atoms with van der Waals surface area (Å²) in [5.41, 5.74) is 2.85. The van der Waals surface area contributed by atoms with Crippen molar-refractivity contribution in [1.29, 1.82) is 0 Å². The third-order valence-electron chi connectivity index (χ3n) is 3.16. The van der Waals surface area contributed by atoms with Crippen molar-refractivity contribution in [3.63, 3.8) is 0 Å². The lowest BCUT2D eigenvalue weighted by Crippen LogP contribution is -2.17. The Morgan fingerprint density at radius 3 is 2.00 bits per heavy atom. The van der Waals surface area contributed by atoms with Gasteiger partial charge in [0.2, 0.25) is 0 Å². The van der Waals surface area contributed by atoms with Gasteiger partial charge < -0.3 is 10.6 Å². The molecule has 23 heavy (non-hydrogen) atoms. The second-order valence-corrected chi connectivity index (χ2v) is 8.26. The third kappa shape index (κ3) is 3.72. The number of aryl methyl sites for hydroxylation is 1. The van der Waals surface area contributed by atoms with Crippen LogP contribution in [0.4, 0.5) is 0 Å². The SMILES string of the molecule is Cc1cc(/C=C2\SC(=S)NC2=O)ccc1/C=C1\SC(=S)NC1=O. The zero-order valence-corrected chi connectivity index (χ0v) is 15.1. The van der Waals surface area contributed by atoms with E-state index in [9.17, 15) is 9.59 Å².